The monoisotopic (exact) mass is 345 g/mol. The largest absolute Gasteiger partial charge is 0.399 e. The van der Waals surface area contributed by atoms with Crippen molar-refractivity contribution in [2.45, 2.75) is 6.54 Å². The molecular weight excluding hydrogens is 333 g/mol. The highest BCUT2D eigenvalue weighted by molar-refractivity contribution is 9.10. The molecule has 21 heavy (non-hydrogen) atoms. The summed E-state index contributed by atoms with van der Waals surface area (Å²) in [5.74, 6) is 0.554. The van der Waals surface area contributed by atoms with Gasteiger partial charge in [0.25, 0.3) is 0 Å². The molecule has 0 fully saturated rings. The molecule has 0 aliphatic heterocycles. The number of imidazole rings is 1. The van der Waals surface area contributed by atoms with E-state index in [-0.39, 0.29) is 5.82 Å². The molecule has 0 atom stereocenters. The van der Waals surface area contributed by atoms with Crippen molar-refractivity contribution < 1.29 is 4.39 Å². The number of aromatic nitrogens is 2. The Labute approximate surface area is 130 Å². The number of nitrogens with zero attached hydrogens (tertiary/aromatic N) is 2. The molecule has 106 valence electrons. The van der Waals surface area contributed by atoms with Gasteiger partial charge in [0.15, 0.2) is 0 Å². The SMILES string of the molecule is Nc1ccc(-c2nccn2Cc2ccc(Br)cc2F)cc1. The summed E-state index contributed by atoms with van der Waals surface area (Å²) < 4.78 is 16.6. The van der Waals surface area contributed by atoms with Gasteiger partial charge in [-0.25, -0.2) is 9.37 Å². The maximum Gasteiger partial charge on any atom is 0.140 e. The van der Waals surface area contributed by atoms with Crippen LogP contribution < -0.4 is 5.73 Å². The van der Waals surface area contributed by atoms with Crippen LogP contribution in [0.3, 0.4) is 0 Å². The lowest BCUT2D eigenvalue weighted by atomic mass is 10.1. The van der Waals surface area contributed by atoms with E-state index in [9.17, 15) is 4.39 Å². The van der Waals surface area contributed by atoms with Crippen molar-refractivity contribution >= 4 is 21.6 Å². The minimum atomic E-state index is -0.235. The number of halogens is 2. The molecule has 0 saturated heterocycles. The van der Waals surface area contributed by atoms with Crippen molar-refractivity contribution in [3.8, 4) is 11.4 Å². The summed E-state index contributed by atoms with van der Waals surface area (Å²) in [7, 11) is 0. The number of hydrogen-bond acceptors (Lipinski definition) is 2. The third kappa shape index (κ3) is 2.97. The predicted molar refractivity (Wildman–Crippen MR) is 85.3 cm³/mol. The summed E-state index contributed by atoms with van der Waals surface area (Å²) in [6.07, 6.45) is 3.55. The van der Waals surface area contributed by atoms with Gasteiger partial charge in [-0.2, -0.15) is 0 Å². The van der Waals surface area contributed by atoms with Crippen LogP contribution in [0.4, 0.5) is 10.1 Å². The van der Waals surface area contributed by atoms with Crippen molar-refractivity contribution in [1.29, 1.82) is 0 Å². The molecule has 0 bridgehead atoms. The summed E-state index contributed by atoms with van der Waals surface area (Å²) in [5, 5.41) is 0. The standard InChI is InChI=1S/C16H13BrFN3/c17-13-4-1-12(15(18)9-13)10-21-8-7-20-16(21)11-2-5-14(19)6-3-11/h1-9H,10,19H2. The second-order valence-corrected chi connectivity index (χ2v) is 5.65. The van der Waals surface area contributed by atoms with Crippen LogP contribution in [0.25, 0.3) is 11.4 Å². The molecule has 2 N–H and O–H groups in total. The van der Waals surface area contributed by atoms with Gasteiger partial charge in [-0.15, -0.1) is 0 Å². The molecule has 0 amide bonds. The molecule has 1 heterocycles. The van der Waals surface area contributed by atoms with Crippen molar-refractivity contribution in [2.75, 3.05) is 5.73 Å². The van der Waals surface area contributed by atoms with Crippen molar-refractivity contribution in [3.05, 3.63) is 70.7 Å². The number of rotatable bonds is 3. The van der Waals surface area contributed by atoms with Crippen LogP contribution in [0, 0.1) is 5.82 Å². The Hall–Kier alpha value is -2.14. The average Bonchev–Trinajstić information content (AvgIpc) is 2.91. The molecule has 3 aromatic rings. The highest BCUT2D eigenvalue weighted by Crippen LogP contribution is 2.21. The van der Waals surface area contributed by atoms with Crippen LogP contribution in [0.5, 0.6) is 0 Å². The van der Waals surface area contributed by atoms with E-state index < -0.39 is 0 Å². The first-order chi connectivity index (χ1) is 10.1. The summed E-state index contributed by atoms with van der Waals surface area (Å²) in [6, 6.07) is 12.5. The normalized spacial score (nSPS) is 10.8. The lowest BCUT2D eigenvalue weighted by Gasteiger charge is -2.09. The van der Waals surface area contributed by atoms with E-state index in [2.05, 4.69) is 20.9 Å². The van der Waals surface area contributed by atoms with E-state index in [1.54, 1.807) is 12.3 Å². The smallest absolute Gasteiger partial charge is 0.140 e. The fourth-order valence-electron chi connectivity index (χ4n) is 2.16. The summed E-state index contributed by atoms with van der Waals surface area (Å²) in [5.41, 5.74) is 7.97. The highest BCUT2D eigenvalue weighted by Gasteiger charge is 2.09. The topological polar surface area (TPSA) is 43.8 Å². The summed E-state index contributed by atoms with van der Waals surface area (Å²) in [4.78, 5) is 4.35. The van der Waals surface area contributed by atoms with Crippen LogP contribution in [-0.2, 0) is 6.54 Å². The minimum Gasteiger partial charge on any atom is -0.399 e. The van der Waals surface area contributed by atoms with Crippen LogP contribution >= 0.6 is 15.9 Å². The Morgan fingerprint density at radius 3 is 2.62 bits per heavy atom. The molecule has 0 aliphatic rings. The van der Waals surface area contributed by atoms with Crippen LogP contribution in [0.2, 0.25) is 0 Å². The maximum atomic E-state index is 13.9. The number of nitrogens with two attached hydrogens (primary N) is 1. The Balaban J connectivity index is 1.94. The van der Waals surface area contributed by atoms with Gasteiger partial charge in [0.05, 0.1) is 6.54 Å². The number of anilines is 1. The average molecular weight is 346 g/mol. The van der Waals surface area contributed by atoms with Gasteiger partial charge in [0.2, 0.25) is 0 Å². The molecule has 1 aromatic heterocycles. The summed E-state index contributed by atoms with van der Waals surface area (Å²) >= 11 is 3.26. The molecule has 0 spiro atoms. The van der Waals surface area contributed by atoms with E-state index >= 15 is 0 Å². The Kier molecular flexibility index (Phi) is 3.75. The van der Waals surface area contributed by atoms with Gasteiger partial charge in [-0.3, -0.25) is 0 Å². The fraction of sp³-hybridized carbons (Fsp3) is 0.0625. The quantitative estimate of drug-likeness (QED) is 0.726. The van der Waals surface area contributed by atoms with Crippen LogP contribution in [0.15, 0.2) is 59.3 Å². The molecule has 3 rings (SSSR count). The highest BCUT2D eigenvalue weighted by atomic mass is 79.9. The Bertz CT molecular complexity index is 765. The van der Waals surface area contributed by atoms with Crippen LogP contribution in [0.1, 0.15) is 5.56 Å². The second-order valence-electron chi connectivity index (χ2n) is 4.74. The molecule has 0 aliphatic carbocycles. The van der Waals surface area contributed by atoms with Gasteiger partial charge in [0, 0.05) is 33.7 Å². The van der Waals surface area contributed by atoms with E-state index in [0.29, 0.717) is 17.8 Å². The molecular formula is C16H13BrFN3. The zero-order chi connectivity index (χ0) is 14.8. The van der Waals surface area contributed by atoms with E-state index in [4.69, 9.17) is 5.73 Å². The van der Waals surface area contributed by atoms with E-state index in [1.807, 2.05) is 41.1 Å². The number of nitrogen functional groups attached to an aromatic ring is 1. The third-order valence-electron chi connectivity index (χ3n) is 3.24. The molecule has 0 radical (unpaired) electrons. The van der Waals surface area contributed by atoms with Gasteiger partial charge in [-0.05, 0) is 36.4 Å². The Morgan fingerprint density at radius 1 is 1.14 bits per heavy atom. The number of hydrogen-bond donors (Lipinski definition) is 1. The molecule has 0 saturated carbocycles. The van der Waals surface area contributed by atoms with Crippen LogP contribution in [-0.4, -0.2) is 9.55 Å². The first-order valence-corrected chi connectivity index (χ1v) is 7.24. The van der Waals surface area contributed by atoms with Gasteiger partial charge >= 0.3 is 0 Å². The Morgan fingerprint density at radius 2 is 1.90 bits per heavy atom. The van der Waals surface area contributed by atoms with Crippen molar-refractivity contribution in [2.24, 2.45) is 0 Å². The molecule has 2 aromatic carbocycles. The minimum absolute atomic E-state index is 0.235. The van der Waals surface area contributed by atoms with E-state index in [1.165, 1.54) is 6.07 Å². The summed E-state index contributed by atoms with van der Waals surface area (Å²) in [6.45, 7) is 0.429. The molecule has 3 nitrogen and oxygen atoms in total. The first-order valence-electron chi connectivity index (χ1n) is 6.44. The van der Waals surface area contributed by atoms with Gasteiger partial charge in [-0.1, -0.05) is 22.0 Å². The van der Waals surface area contributed by atoms with Gasteiger partial charge < -0.3 is 10.3 Å². The van der Waals surface area contributed by atoms with Gasteiger partial charge in [0.1, 0.15) is 11.6 Å². The van der Waals surface area contributed by atoms with E-state index in [0.717, 1.165) is 15.9 Å². The lowest BCUT2D eigenvalue weighted by molar-refractivity contribution is 0.599. The zero-order valence-electron chi connectivity index (χ0n) is 11.1. The molecule has 0 unspecified atom stereocenters. The number of benzene rings is 2. The molecule has 5 heteroatoms. The maximum absolute atomic E-state index is 13.9. The zero-order valence-corrected chi connectivity index (χ0v) is 12.7. The third-order valence-corrected chi connectivity index (χ3v) is 3.73. The second kappa shape index (κ2) is 5.69. The lowest BCUT2D eigenvalue weighted by Crippen LogP contribution is -2.03. The van der Waals surface area contributed by atoms with Crippen molar-refractivity contribution in [1.82, 2.24) is 9.55 Å². The predicted octanol–water partition coefficient (Wildman–Crippen LogP) is 4.08. The fourth-order valence-corrected chi connectivity index (χ4v) is 2.50. The van der Waals surface area contributed by atoms with Crippen molar-refractivity contribution in [3.63, 3.8) is 0 Å². The first kappa shape index (κ1) is 13.8.